The van der Waals surface area contributed by atoms with Crippen LogP contribution in [0.25, 0.3) is 9.40 Å². The molecular formula is C14H8FNO3S2. The number of benzene rings is 1. The van der Waals surface area contributed by atoms with Crippen LogP contribution < -0.4 is 5.32 Å². The molecule has 2 heterocycles. The summed E-state index contributed by atoms with van der Waals surface area (Å²) >= 11 is 2.85. The van der Waals surface area contributed by atoms with Crippen LogP contribution in [-0.4, -0.2) is 17.0 Å². The number of nitrogens with one attached hydrogen (secondary N) is 1. The number of carboxylic acids is 1. The van der Waals surface area contributed by atoms with Crippen molar-refractivity contribution in [2.45, 2.75) is 0 Å². The van der Waals surface area contributed by atoms with Crippen molar-refractivity contribution in [1.82, 2.24) is 0 Å². The predicted molar refractivity (Wildman–Crippen MR) is 81.0 cm³/mol. The Kier molecular flexibility index (Phi) is 3.44. The lowest BCUT2D eigenvalue weighted by molar-refractivity contribution is 0.0697. The standard InChI is InChI=1S/C14H8FNO3S2/c15-7-1-2-9(8(5-7)14(18)19)16-13(17)12-6-11-10(21-12)3-4-20-11/h1-6H,(H,16,17)(H,18,19). The topological polar surface area (TPSA) is 66.4 Å². The highest BCUT2D eigenvalue weighted by molar-refractivity contribution is 7.27. The summed E-state index contributed by atoms with van der Waals surface area (Å²) in [6, 6.07) is 6.90. The van der Waals surface area contributed by atoms with E-state index in [-0.39, 0.29) is 11.3 Å². The summed E-state index contributed by atoms with van der Waals surface area (Å²) in [6.45, 7) is 0. The van der Waals surface area contributed by atoms with Crippen LogP contribution in [0.1, 0.15) is 20.0 Å². The molecule has 0 aliphatic rings. The van der Waals surface area contributed by atoms with Crippen LogP contribution in [0.15, 0.2) is 35.7 Å². The Morgan fingerprint density at radius 1 is 1.14 bits per heavy atom. The molecule has 0 saturated heterocycles. The minimum absolute atomic E-state index is 0.0747. The van der Waals surface area contributed by atoms with Crippen molar-refractivity contribution in [3.8, 4) is 0 Å². The molecule has 0 fully saturated rings. The lowest BCUT2D eigenvalue weighted by Gasteiger charge is -2.07. The molecule has 106 valence electrons. The van der Waals surface area contributed by atoms with Crippen LogP contribution in [0, 0.1) is 5.82 Å². The zero-order valence-corrected chi connectivity index (χ0v) is 12.1. The second-order valence-corrected chi connectivity index (χ2v) is 6.24. The molecule has 0 unspecified atom stereocenters. The van der Waals surface area contributed by atoms with Gasteiger partial charge in [-0.1, -0.05) is 0 Å². The second kappa shape index (κ2) is 5.27. The maximum absolute atomic E-state index is 13.1. The van der Waals surface area contributed by atoms with E-state index in [1.165, 1.54) is 28.7 Å². The molecular weight excluding hydrogens is 313 g/mol. The molecule has 1 aromatic carbocycles. The van der Waals surface area contributed by atoms with Gasteiger partial charge in [0.25, 0.3) is 5.91 Å². The zero-order chi connectivity index (χ0) is 15.0. The number of fused-ring (bicyclic) bond motifs is 1. The highest BCUT2D eigenvalue weighted by atomic mass is 32.1. The maximum atomic E-state index is 13.1. The molecule has 2 aromatic heterocycles. The van der Waals surface area contributed by atoms with Gasteiger partial charge in [-0.25, -0.2) is 9.18 Å². The Morgan fingerprint density at radius 2 is 1.95 bits per heavy atom. The molecule has 4 nitrogen and oxygen atoms in total. The predicted octanol–water partition coefficient (Wildman–Crippen LogP) is 4.05. The van der Waals surface area contributed by atoms with Gasteiger partial charge >= 0.3 is 5.97 Å². The largest absolute Gasteiger partial charge is 0.478 e. The molecule has 21 heavy (non-hydrogen) atoms. The van der Waals surface area contributed by atoms with Gasteiger partial charge in [-0.05, 0) is 35.7 Å². The van der Waals surface area contributed by atoms with E-state index in [1.807, 2.05) is 11.4 Å². The van der Waals surface area contributed by atoms with E-state index < -0.39 is 17.7 Å². The van der Waals surface area contributed by atoms with E-state index in [0.717, 1.165) is 21.5 Å². The van der Waals surface area contributed by atoms with Gasteiger partial charge in [0.15, 0.2) is 0 Å². The second-order valence-electron chi connectivity index (χ2n) is 4.21. The van der Waals surface area contributed by atoms with Crippen molar-refractivity contribution in [3.63, 3.8) is 0 Å². The number of carboxylic acid groups (broad SMARTS) is 1. The first kappa shape index (κ1) is 13.7. The smallest absolute Gasteiger partial charge is 0.337 e. The Morgan fingerprint density at radius 3 is 2.67 bits per heavy atom. The van der Waals surface area contributed by atoms with Gasteiger partial charge in [-0.2, -0.15) is 0 Å². The molecule has 3 aromatic rings. The summed E-state index contributed by atoms with van der Waals surface area (Å²) in [5.74, 6) is -2.36. The number of aromatic carboxylic acids is 1. The Hall–Kier alpha value is -2.25. The highest BCUT2D eigenvalue weighted by Crippen LogP contribution is 2.30. The summed E-state index contributed by atoms with van der Waals surface area (Å²) in [6.07, 6.45) is 0. The van der Waals surface area contributed by atoms with E-state index in [1.54, 1.807) is 6.07 Å². The molecule has 0 saturated carbocycles. The highest BCUT2D eigenvalue weighted by Gasteiger charge is 2.16. The lowest BCUT2D eigenvalue weighted by atomic mass is 10.1. The average Bonchev–Trinajstić information content (AvgIpc) is 3.01. The Bertz CT molecular complexity index is 824. The van der Waals surface area contributed by atoms with Crippen LogP contribution in [0.5, 0.6) is 0 Å². The SMILES string of the molecule is O=C(Nc1ccc(F)cc1C(=O)O)c1cc2sccc2s1. The van der Waals surface area contributed by atoms with Crippen molar-refractivity contribution < 1.29 is 19.1 Å². The number of amides is 1. The molecule has 7 heteroatoms. The number of hydrogen-bond donors (Lipinski definition) is 2. The number of halogens is 1. The summed E-state index contributed by atoms with van der Waals surface area (Å²) < 4.78 is 15.1. The first-order valence-corrected chi connectivity index (χ1v) is 7.55. The molecule has 0 aliphatic carbocycles. The number of hydrogen-bond acceptors (Lipinski definition) is 4. The Labute approximate surface area is 126 Å². The van der Waals surface area contributed by atoms with E-state index in [0.29, 0.717) is 4.88 Å². The van der Waals surface area contributed by atoms with Gasteiger partial charge in [0.2, 0.25) is 0 Å². The van der Waals surface area contributed by atoms with Crippen LogP contribution in [0.4, 0.5) is 10.1 Å². The minimum atomic E-state index is -1.29. The molecule has 0 atom stereocenters. The molecule has 2 N–H and O–H groups in total. The van der Waals surface area contributed by atoms with Gasteiger partial charge in [0, 0.05) is 9.40 Å². The summed E-state index contributed by atoms with van der Waals surface area (Å²) in [4.78, 5) is 23.7. The van der Waals surface area contributed by atoms with E-state index in [9.17, 15) is 14.0 Å². The third kappa shape index (κ3) is 2.65. The maximum Gasteiger partial charge on any atom is 0.337 e. The van der Waals surface area contributed by atoms with Crippen LogP contribution in [0.2, 0.25) is 0 Å². The first-order valence-electron chi connectivity index (χ1n) is 5.86. The fourth-order valence-corrected chi connectivity index (χ4v) is 3.87. The van der Waals surface area contributed by atoms with Crippen molar-refractivity contribution >= 4 is 49.6 Å². The fourth-order valence-electron chi connectivity index (χ4n) is 1.86. The molecule has 0 radical (unpaired) electrons. The van der Waals surface area contributed by atoms with Crippen LogP contribution in [-0.2, 0) is 0 Å². The number of thiophene rings is 2. The van der Waals surface area contributed by atoms with Gasteiger partial charge < -0.3 is 10.4 Å². The number of carbonyl (C=O) groups is 2. The van der Waals surface area contributed by atoms with Crippen molar-refractivity contribution in [1.29, 1.82) is 0 Å². The normalized spacial score (nSPS) is 10.7. The molecule has 0 bridgehead atoms. The molecule has 0 spiro atoms. The van der Waals surface area contributed by atoms with Crippen LogP contribution >= 0.6 is 22.7 Å². The minimum Gasteiger partial charge on any atom is -0.478 e. The first-order chi connectivity index (χ1) is 10.0. The summed E-state index contributed by atoms with van der Waals surface area (Å²) in [5.41, 5.74) is -0.202. The van der Waals surface area contributed by atoms with E-state index in [2.05, 4.69) is 5.32 Å². The summed E-state index contributed by atoms with van der Waals surface area (Å²) in [7, 11) is 0. The molecule has 0 aliphatic heterocycles. The summed E-state index contributed by atoms with van der Waals surface area (Å²) in [5, 5.41) is 13.5. The zero-order valence-electron chi connectivity index (χ0n) is 10.4. The monoisotopic (exact) mass is 321 g/mol. The number of anilines is 1. The fraction of sp³-hybridized carbons (Fsp3) is 0. The molecule has 3 rings (SSSR count). The number of rotatable bonds is 3. The van der Waals surface area contributed by atoms with E-state index in [4.69, 9.17) is 5.11 Å². The van der Waals surface area contributed by atoms with Gasteiger partial charge in [-0.15, -0.1) is 22.7 Å². The molecule has 1 amide bonds. The quantitative estimate of drug-likeness (QED) is 0.764. The lowest BCUT2D eigenvalue weighted by Crippen LogP contribution is -2.13. The van der Waals surface area contributed by atoms with Gasteiger partial charge in [0.1, 0.15) is 5.82 Å². The van der Waals surface area contributed by atoms with Gasteiger partial charge in [-0.3, -0.25) is 4.79 Å². The van der Waals surface area contributed by atoms with Crippen molar-refractivity contribution in [2.75, 3.05) is 5.32 Å². The average molecular weight is 321 g/mol. The van der Waals surface area contributed by atoms with Crippen molar-refractivity contribution in [3.05, 3.63) is 52.0 Å². The van der Waals surface area contributed by atoms with Gasteiger partial charge in [0.05, 0.1) is 16.1 Å². The van der Waals surface area contributed by atoms with E-state index >= 15 is 0 Å². The van der Waals surface area contributed by atoms with Crippen molar-refractivity contribution in [2.24, 2.45) is 0 Å². The third-order valence-corrected chi connectivity index (χ3v) is 4.92. The number of carbonyl (C=O) groups excluding carboxylic acids is 1. The third-order valence-electron chi connectivity index (χ3n) is 2.82. The van der Waals surface area contributed by atoms with Crippen LogP contribution in [0.3, 0.4) is 0 Å². The Balaban J connectivity index is 1.91.